The standard InChI is InChI=1S/C17H15N3OS/c21-17(14-7-4-9-18-11-14)19-10-8-16-20-15(12-22-16)13-5-2-1-3-6-13/h1-7,9,11-12H,8,10H2,(H,19,21). The lowest BCUT2D eigenvalue weighted by atomic mass is 10.2. The van der Waals surface area contributed by atoms with E-state index in [9.17, 15) is 4.79 Å². The summed E-state index contributed by atoms with van der Waals surface area (Å²) in [6.45, 7) is 0.565. The summed E-state index contributed by atoms with van der Waals surface area (Å²) in [5.74, 6) is -0.104. The molecule has 0 saturated heterocycles. The third kappa shape index (κ3) is 3.56. The number of carbonyl (C=O) groups is 1. The van der Waals surface area contributed by atoms with Crippen molar-refractivity contribution in [1.29, 1.82) is 0 Å². The molecule has 4 nitrogen and oxygen atoms in total. The minimum atomic E-state index is -0.104. The van der Waals surface area contributed by atoms with Gasteiger partial charge < -0.3 is 5.32 Å². The molecule has 0 aliphatic heterocycles. The van der Waals surface area contributed by atoms with E-state index in [-0.39, 0.29) is 5.91 Å². The fourth-order valence-electron chi connectivity index (χ4n) is 2.05. The molecule has 1 amide bonds. The number of nitrogens with zero attached hydrogens (tertiary/aromatic N) is 2. The zero-order valence-corrected chi connectivity index (χ0v) is 12.7. The van der Waals surface area contributed by atoms with Gasteiger partial charge in [-0.25, -0.2) is 4.98 Å². The van der Waals surface area contributed by atoms with Gasteiger partial charge in [0.1, 0.15) is 0 Å². The van der Waals surface area contributed by atoms with E-state index >= 15 is 0 Å². The Morgan fingerprint density at radius 3 is 2.77 bits per heavy atom. The second-order valence-corrected chi connectivity index (χ2v) is 5.68. The molecule has 110 valence electrons. The number of rotatable bonds is 5. The molecular weight excluding hydrogens is 294 g/mol. The topological polar surface area (TPSA) is 54.9 Å². The first-order valence-electron chi connectivity index (χ1n) is 7.01. The van der Waals surface area contributed by atoms with E-state index in [4.69, 9.17) is 0 Å². The predicted octanol–water partition coefficient (Wildman–Crippen LogP) is 3.18. The van der Waals surface area contributed by atoms with Crippen LogP contribution >= 0.6 is 11.3 Å². The van der Waals surface area contributed by atoms with Crippen molar-refractivity contribution in [3.05, 3.63) is 70.8 Å². The van der Waals surface area contributed by atoms with Crippen LogP contribution in [0.4, 0.5) is 0 Å². The zero-order valence-electron chi connectivity index (χ0n) is 11.9. The van der Waals surface area contributed by atoms with E-state index in [0.717, 1.165) is 22.7 Å². The highest BCUT2D eigenvalue weighted by molar-refractivity contribution is 7.09. The number of hydrogen-bond acceptors (Lipinski definition) is 4. The van der Waals surface area contributed by atoms with Crippen LogP contribution < -0.4 is 5.32 Å². The maximum Gasteiger partial charge on any atom is 0.252 e. The van der Waals surface area contributed by atoms with Crippen LogP contribution in [0, 0.1) is 0 Å². The van der Waals surface area contributed by atoms with Crippen molar-refractivity contribution in [2.45, 2.75) is 6.42 Å². The normalized spacial score (nSPS) is 10.4. The Kier molecular flexibility index (Phi) is 4.56. The van der Waals surface area contributed by atoms with Crippen LogP contribution in [-0.4, -0.2) is 22.4 Å². The Bertz CT molecular complexity index is 741. The van der Waals surface area contributed by atoms with Crippen LogP contribution in [0.15, 0.2) is 60.2 Å². The molecule has 0 unspecified atom stereocenters. The van der Waals surface area contributed by atoms with Crippen LogP contribution in [0.2, 0.25) is 0 Å². The zero-order chi connectivity index (χ0) is 15.2. The molecule has 5 heteroatoms. The lowest BCUT2D eigenvalue weighted by Gasteiger charge is -2.03. The van der Waals surface area contributed by atoms with Crippen molar-refractivity contribution in [1.82, 2.24) is 15.3 Å². The van der Waals surface area contributed by atoms with Crippen molar-refractivity contribution < 1.29 is 4.79 Å². The SMILES string of the molecule is O=C(NCCc1nc(-c2ccccc2)cs1)c1cccnc1. The molecule has 0 saturated carbocycles. The second-order valence-electron chi connectivity index (χ2n) is 4.74. The maximum atomic E-state index is 11.9. The van der Waals surface area contributed by atoms with Crippen molar-refractivity contribution in [2.24, 2.45) is 0 Å². The molecule has 0 atom stereocenters. The summed E-state index contributed by atoms with van der Waals surface area (Å²) in [5.41, 5.74) is 2.68. The summed E-state index contributed by atoms with van der Waals surface area (Å²) in [5, 5.41) is 5.95. The molecule has 1 N–H and O–H groups in total. The van der Waals surface area contributed by atoms with Crippen LogP contribution in [0.1, 0.15) is 15.4 Å². The largest absolute Gasteiger partial charge is 0.352 e. The lowest BCUT2D eigenvalue weighted by Crippen LogP contribution is -2.25. The molecule has 3 rings (SSSR count). The molecular formula is C17H15N3OS. The predicted molar refractivity (Wildman–Crippen MR) is 87.8 cm³/mol. The van der Waals surface area contributed by atoms with Crippen molar-refractivity contribution in [3.63, 3.8) is 0 Å². The highest BCUT2D eigenvalue weighted by Crippen LogP contribution is 2.21. The monoisotopic (exact) mass is 309 g/mol. The molecule has 22 heavy (non-hydrogen) atoms. The number of hydrogen-bond donors (Lipinski definition) is 1. The van der Waals surface area contributed by atoms with Crippen LogP contribution in [-0.2, 0) is 6.42 Å². The Morgan fingerprint density at radius 2 is 2.00 bits per heavy atom. The molecule has 0 spiro atoms. The average Bonchev–Trinajstić information content (AvgIpc) is 3.05. The highest BCUT2D eigenvalue weighted by atomic mass is 32.1. The molecule has 2 heterocycles. The van der Waals surface area contributed by atoms with Gasteiger partial charge in [-0.15, -0.1) is 11.3 Å². The van der Waals surface area contributed by atoms with Gasteiger partial charge in [0.2, 0.25) is 0 Å². The van der Waals surface area contributed by atoms with Gasteiger partial charge >= 0.3 is 0 Å². The molecule has 0 aliphatic rings. The van der Waals surface area contributed by atoms with Crippen molar-refractivity contribution in [2.75, 3.05) is 6.54 Å². The first-order valence-corrected chi connectivity index (χ1v) is 7.89. The molecule has 0 bridgehead atoms. The van der Waals surface area contributed by atoms with Gasteiger partial charge in [-0.05, 0) is 12.1 Å². The Balaban J connectivity index is 1.55. The highest BCUT2D eigenvalue weighted by Gasteiger charge is 2.07. The second kappa shape index (κ2) is 6.95. The van der Waals surface area contributed by atoms with E-state index < -0.39 is 0 Å². The first kappa shape index (κ1) is 14.4. The summed E-state index contributed by atoms with van der Waals surface area (Å²) in [7, 11) is 0. The van der Waals surface area contributed by atoms with E-state index in [1.165, 1.54) is 0 Å². The van der Waals surface area contributed by atoms with Gasteiger partial charge in [-0.1, -0.05) is 30.3 Å². The van der Waals surface area contributed by atoms with E-state index in [1.54, 1.807) is 35.9 Å². The molecule has 2 aromatic heterocycles. The number of amides is 1. The lowest BCUT2D eigenvalue weighted by molar-refractivity contribution is 0.0954. The fourth-order valence-corrected chi connectivity index (χ4v) is 2.86. The number of nitrogens with one attached hydrogen (secondary N) is 1. The summed E-state index contributed by atoms with van der Waals surface area (Å²) in [6, 6.07) is 13.6. The van der Waals surface area contributed by atoms with Crippen LogP contribution in [0.5, 0.6) is 0 Å². The summed E-state index contributed by atoms with van der Waals surface area (Å²) >= 11 is 1.62. The number of benzene rings is 1. The molecule has 0 radical (unpaired) electrons. The van der Waals surface area contributed by atoms with Gasteiger partial charge in [0.15, 0.2) is 0 Å². The Morgan fingerprint density at radius 1 is 1.14 bits per heavy atom. The van der Waals surface area contributed by atoms with Crippen molar-refractivity contribution in [3.8, 4) is 11.3 Å². The molecule has 0 aliphatic carbocycles. The maximum absolute atomic E-state index is 11.9. The minimum absolute atomic E-state index is 0.104. The first-order chi connectivity index (χ1) is 10.8. The summed E-state index contributed by atoms with van der Waals surface area (Å²) < 4.78 is 0. The number of carbonyl (C=O) groups excluding carboxylic acids is 1. The number of thiazole rings is 1. The van der Waals surface area contributed by atoms with Crippen LogP contribution in [0.3, 0.4) is 0 Å². The van der Waals surface area contributed by atoms with E-state index in [2.05, 4.69) is 15.3 Å². The van der Waals surface area contributed by atoms with Crippen molar-refractivity contribution >= 4 is 17.2 Å². The van der Waals surface area contributed by atoms with Gasteiger partial charge in [0, 0.05) is 36.3 Å². The fraction of sp³-hybridized carbons (Fsp3) is 0.118. The number of aromatic nitrogens is 2. The smallest absolute Gasteiger partial charge is 0.252 e. The third-order valence-electron chi connectivity index (χ3n) is 3.17. The Hall–Kier alpha value is -2.53. The Labute approximate surface area is 132 Å². The molecule has 1 aromatic carbocycles. The van der Waals surface area contributed by atoms with Gasteiger partial charge in [0.05, 0.1) is 16.3 Å². The van der Waals surface area contributed by atoms with Gasteiger partial charge in [-0.3, -0.25) is 9.78 Å². The quantitative estimate of drug-likeness (QED) is 0.787. The van der Waals surface area contributed by atoms with E-state index in [0.29, 0.717) is 12.1 Å². The molecule has 0 fully saturated rings. The average molecular weight is 309 g/mol. The number of pyridine rings is 1. The minimum Gasteiger partial charge on any atom is -0.352 e. The van der Waals surface area contributed by atoms with E-state index in [1.807, 2.05) is 35.7 Å². The summed E-state index contributed by atoms with van der Waals surface area (Å²) in [4.78, 5) is 20.4. The third-order valence-corrected chi connectivity index (χ3v) is 4.08. The molecule has 3 aromatic rings. The van der Waals surface area contributed by atoms with Gasteiger partial charge in [0.25, 0.3) is 5.91 Å². The summed E-state index contributed by atoms with van der Waals surface area (Å²) in [6.07, 6.45) is 3.94. The van der Waals surface area contributed by atoms with Crippen LogP contribution in [0.25, 0.3) is 11.3 Å². The van der Waals surface area contributed by atoms with Gasteiger partial charge in [-0.2, -0.15) is 0 Å².